The lowest BCUT2D eigenvalue weighted by Gasteiger charge is -2.26. The number of rotatable bonds is 3. The first-order chi connectivity index (χ1) is 15.0. The van der Waals surface area contributed by atoms with Crippen molar-refractivity contribution in [1.82, 2.24) is 19.3 Å². The van der Waals surface area contributed by atoms with Gasteiger partial charge in [-0.25, -0.2) is 4.98 Å². The summed E-state index contributed by atoms with van der Waals surface area (Å²) in [4.78, 5) is 35.4. The molecule has 164 valence electrons. The Kier molecular flexibility index (Phi) is 5.06. The second-order valence-corrected chi connectivity index (χ2v) is 8.69. The van der Waals surface area contributed by atoms with E-state index < -0.39 is 6.10 Å². The first-order valence-corrected chi connectivity index (χ1v) is 11.1. The van der Waals surface area contributed by atoms with E-state index in [2.05, 4.69) is 9.97 Å². The first kappa shape index (κ1) is 20.2. The maximum atomic E-state index is 13.3. The molecule has 2 aromatic heterocycles. The molecular formula is C23H28N4O4. The Morgan fingerprint density at radius 2 is 2.03 bits per heavy atom. The highest BCUT2D eigenvalue weighted by atomic mass is 16.5. The molecule has 0 radical (unpaired) electrons. The standard InChI is InChI=1S/C23H28N4O4/c1-3-17-20(28)4-7-26(17)23(30)15-11-16-18(10-13(15)2)27-19(22(29)25-16)12-24-21(27)14-5-8-31-9-6-14/h10-12,14,17,20,28H,3-9H2,1-2H3,(H,25,29)/t17-,20-/m1/s1. The number of aromatic nitrogens is 3. The molecule has 3 aromatic rings. The van der Waals surface area contributed by atoms with E-state index in [9.17, 15) is 14.7 Å². The minimum absolute atomic E-state index is 0.0981. The summed E-state index contributed by atoms with van der Waals surface area (Å²) in [5.74, 6) is 1.01. The summed E-state index contributed by atoms with van der Waals surface area (Å²) in [5, 5.41) is 10.2. The van der Waals surface area contributed by atoms with Gasteiger partial charge in [0.1, 0.15) is 11.3 Å². The molecule has 2 aliphatic rings. The number of carbonyl (C=O) groups excluding carboxylic acids is 1. The van der Waals surface area contributed by atoms with Gasteiger partial charge in [-0.2, -0.15) is 0 Å². The van der Waals surface area contributed by atoms with Crippen molar-refractivity contribution in [2.45, 2.75) is 57.6 Å². The smallest absolute Gasteiger partial charge is 0.274 e. The Labute approximate surface area is 179 Å². The highest BCUT2D eigenvalue weighted by Crippen LogP contribution is 2.30. The number of amides is 1. The zero-order valence-electron chi connectivity index (χ0n) is 17.9. The fourth-order valence-electron chi connectivity index (χ4n) is 5.15. The minimum atomic E-state index is -0.484. The van der Waals surface area contributed by atoms with E-state index in [0.29, 0.717) is 49.2 Å². The van der Waals surface area contributed by atoms with E-state index in [1.54, 1.807) is 17.2 Å². The molecule has 2 N–H and O–H groups in total. The number of nitrogens with one attached hydrogen (secondary N) is 1. The van der Waals surface area contributed by atoms with Crippen LogP contribution in [0.5, 0.6) is 0 Å². The van der Waals surface area contributed by atoms with Crippen molar-refractivity contribution in [3.8, 4) is 0 Å². The van der Waals surface area contributed by atoms with Gasteiger partial charge >= 0.3 is 0 Å². The Balaban J connectivity index is 1.64. The van der Waals surface area contributed by atoms with Gasteiger partial charge in [0.15, 0.2) is 0 Å². The molecule has 2 saturated heterocycles. The summed E-state index contributed by atoms with van der Waals surface area (Å²) >= 11 is 0. The van der Waals surface area contributed by atoms with E-state index in [1.807, 2.05) is 24.3 Å². The van der Waals surface area contributed by atoms with Gasteiger partial charge in [-0.15, -0.1) is 0 Å². The van der Waals surface area contributed by atoms with Crippen LogP contribution in [0.4, 0.5) is 0 Å². The second kappa shape index (κ2) is 7.76. The molecule has 1 aromatic carbocycles. The van der Waals surface area contributed by atoms with Crippen LogP contribution >= 0.6 is 0 Å². The van der Waals surface area contributed by atoms with Crippen molar-refractivity contribution in [2.75, 3.05) is 19.8 Å². The maximum Gasteiger partial charge on any atom is 0.274 e. The normalized spacial score (nSPS) is 22.6. The van der Waals surface area contributed by atoms with Crippen LogP contribution in [0.15, 0.2) is 23.1 Å². The third-order valence-corrected chi connectivity index (χ3v) is 6.86. The van der Waals surface area contributed by atoms with Gasteiger partial charge in [-0.1, -0.05) is 6.92 Å². The summed E-state index contributed by atoms with van der Waals surface area (Å²) in [6.07, 6.45) is 4.20. The summed E-state index contributed by atoms with van der Waals surface area (Å²) in [6.45, 7) is 5.83. The number of aryl methyl sites for hydroxylation is 1. The quantitative estimate of drug-likeness (QED) is 0.672. The molecule has 0 bridgehead atoms. The predicted octanol–water partition coefficient (Wildman–Crippen LogP) is 2.36. The van der Waals surface area contributed by atoms with Crippen molar-refractivity contribution in [3.63, 3.8) is 0 Å². The second-order valence-electron chi connectivity index (χ2n) is 8.69. The molecule has 8 nitrogen and oxygen atoms in total. The summed E-state index contributed by atoms with van der Waals surface area (Å²) in [6, 6.07) is 3.57. The largest absolute Gasteiger partial charge is 0.391 e. The van der Waals surface area contributed by atoms with Crippen molar-refractivity contribution < 1.29 is 14.6 Å². The minimum Gasteiger partial charge on any atom is -0.391 e. The zero-order valence-corrected chi connectivity index (χ0v) is 17.9. The number of ether oxygens (including phenoxy) is 1. The number of aliphatic hydroxyl groups excluding tert-OH is 1. The van der Waals surface area contributed by atoms with Gasteiger partial charge < -0.3 is 19.7 Å². The number of hydrogen-bond donors (Lipinski definition) is 2. The third-order valence-electron chi connectivity index (χ3n) is 6.86. The first-order valence-electron chi connectivity index (χ1n) is 11.1. The average Bonchev–Trinajstić information content (AvgIpc) is 3.38. The van der Waals surface area contributed by atoms with E-state index in [0.717, 1.165) is 29.7 Å². The van der Waals surface area contributed by atoms with Gasteiger partial charge in [0, 0.05) is 31.2 Å². The van der Waals surface area contributed by atoms with E-state index in [-0.39, 0.29) is 23.4 Å². The number of likely N-dealkylation sites (tertiary alicyclic amines) is 1. The highest BCUT2D eigenvalue weighted by molar-refractivity contribution is 5.99. The SMILES string of the molecule is CC[C@@H]1[C@H](O)CCN1C(=O)c1cc2[nH]c(=O)c3cnc(C4CCOCC4)n3c2cc1C. The summed E-state index contributed by atoms with van der Waals surface area (Å²) in [5.41, 5.74) is 3.16. The van der Waals surface area contributed by atoms with Crippen LogP contribution in [0, 0.1) is 6.92 Å². The average molecular weight is 425 g/mol. The Bertz CT molecular complexity index is 1210. The van der Waals surface area contributed by atoms with Crippen LogP contribution in [0.3, 0.4) is 0 Å². The van der Waals surface area contributed by atoms with Crippen molar-refractivity contribution in [2.24, 2.45) is 0 Å². The molecule has 0 aliphatic carbocycles. The topological polar surface area (TPSA) is 99.9 Å². The maximum absolute atomic E-state index is 13.3. The van der Waals surface area contributed by atoms with Crippen LogP contribution in [0.25, 0.3) is 16.6 Å². The number of benzene rings is 1. The predicted molar refractivity (Wildman–Crippen MR) is 117 cm³/mol. The molecule has 4 heterocycles. The third kappa shape index (κ3) is 3.25. The molecular weight excluding hydrogens is 396 g/mol. The highest BCUT2D eigenvalue weighted by Gasteiger charge is 2.35. The van der Waals surface area contributed by atoms with Crippen molar-refractivity contribution in [1.29, 1.82) is 0 Å². The van der Waals surface area contributed by atoms with Crippen molar-refractivity contribution in [3.05, 3.63) is 45.6 Å². The molecule has 0 saturated carbocycles. The van der Waals surface area contributed by atoms with Gasteiger partial charge in [-0.05, 0) is 50.3 Å². The molecule has 2 aliphatic heterocycles. The van der Waals surface area contributed by atoms with E-state index in [4.69, 9.17) is 4.74 Å². The number of hydrogen-bond acceptors (Lipinski definition) is 5. The van der Waals surface area contributed by atoms with Crippen LogP contribution in [0.2, 0.25) is 0 Å². The molecule has 8 heteroatoms. The van der Waals surface area contributed by atoms with Gasteiger partial charge in [0.05, 0.1) is 29.4 Å². The van der Waals surface area contributed by atoms with Gasteiger partial charge in [0.2, 0.25) is 0 Å². The van der Waals surface area contributed by atoms with Gasteiger partial charge in [-0.3, -0.25) is 14.0 Å². The number of imidazole rings is 1. The monoisotopic (exact) mass is 424 g/mol. The molecule has 2 fully saturated rings. The molecule has 31 heavy (non-hydrogen) atoms. The van der Waals surface area contributed by atoms with Crippen LogP contribution < -0.4 is 5.56 Å². The number of nitrogens with zero attached hydrogens (tertiary/aromatic N) is 3. The number of aromatic amines is 1. The Morgan fingerprint density at radius 1 is 1.26 bits per heavy atom. The van der Waals surface area contributed by atoms with Crippen LogP contribution in [-0.2, 0) is 4.74 Å². The summed E-state index contributed by atoms with van der Waals surface area (Å²) in [7, 11) is 0. The Hall–Kier alpha value is -2.71. The van der Waals surface area contributed by atoms with Crippen LogP contribution in [-0.4, -0.2) is 62.2 Å². The molecule has 0 unspecified atom stereocenters. The molecule has 2 atom stereocenters. The number of aliphatic hydroxyl groups is 1. The fraction of sp³-hybridized carbons (Fsp3) is 0.522. The Morgan fingerprint density at radius 3 is 2.77 bits per heavy atom. The van der Waals surface area contributed by atoms with E-state index in [1.165, 1.54) is 0 Å². The molecule has 5 rings (SSSR count). The number of fused-ring (bicyclic) bond motifs is 3. The molecule has 1 amide bonds. The number of carbonyl (C=O) groups is 1. The number of H-pyrrole nitrogens is 1. The fourth-order valence-corrected chi connectivity index (χ4v) is 5.15. The zero-order chi connectivity index (χ0) is 21.7. The van der Waals surface area contributed by atoms with Crippen molar-refractivity contribution >= 4 is 22.5 Å². The lowest BCUT2D eigenvalue weighted by atomic mass is 9.99. The van der Waals surface area contributed by atoms with Gasteiger partial charge in [0.25, 0.3) is 11.5 Å². The molecule has 0 spiro atoms. The van der Waals surface area contributed by atoms with Crippen LogP contribution in [0.1, 0.15) is 60.3 Å². The lowest BCUT2D eigenvalue weighted by Crippen LogP contribution is -2.39. The lowest BCUT2D eigenvalue weighted by molar-refractivity contribution is 0.0632. The summed E-state index contributed by atoms with van der Waals surface area (Å²) < 4.78 is 7.44. The van der Waals surface area contributed by atoms with E-state index >= 15 is 0 Å².